The molecule has 1 heterocycles. The van der Waals surface area contributed by atoms with Gasteiger partial charge in [0.25, 0.3) is 0 Å². The van der Waals surface area contributed by atoms with Gasteiger partial charge in [-0.2, -0.15) is 0 Å². The summed E-state index contributed by atoms with van der Waals surface area (Å²) in [6, 6.07) is 10.5. The number of nitrogens with one attached hydrogen (secondary N) is 2. The number of nitrogens with zero attached hydrogens (tertiary/aromatic N) is 1. The summed E-state index contributed by atoms with van der Waals surface area (Å²) in [5.41, 5.74) is 0. The van der Waals surface area contributed by atoms with Gasteiger partial charge in [0.1, 0.15) is 0 Å². The summed E-state index contributed by atoms with van der Waals surface area (Å²) < 4.78 is 11.2. The van der Waals surface area contributed by atoms with Crippen LogP contribution in [0.15, 0.2) is 40.2 Å². The first-order valence-electron chi connectivity index (χ1n) is 9.28. The molecule has 0 aromatic heterocycles. The zero-order valence-electron chi connectivity index (χ0n) is 15.6. The van der Waals surface area contributed by atoms with Crippen LogP contribution in [0.4, 0.5) is 0 Å². The van der Waals surface area contributed by atoms with E-state index in [1.165, 1.54) is 11.3 Å². The van der Waals surface area contributed by atoms with E-state index in [-0.39, 0.29) is 24.0 Å². The Morgan fingerprint density at radius 3 is 2.88 bits per heavy atom. The number of benzene rings is 1. The molecule has 0 saturated carbocycles. The van der Waals surface area contributed by atoms with Crippen molar-refractivity contribution in [2.24, 2.45) is 4.99 Å². The van der Waals surface area contributed by atoms with Gasteiger partial charge in [-0.05, 0) is 38.3 Å². The van der Waals surface area contributed by atoms with Crippen molar-refractivity contribution in [3.8, 4) is 0 Å². The van der Waals surface area contributed by atoms with Crippen LogP contribution in [0.2, 0.25) is 0 Å². The minimum atomic E-state index is 0. The van der Waals surface area contributed by atoms with Gasteiger partial charge < -0.3 is 20.1 Å². The third-order valence-corrected chi connectivity index (χ3v) is 4.81. The zero-order chi connectivity index (χ0) is 17.6. The zero-order valence-corrected chi connectivity index (χ0v) is 18.8. The molecule has 2 N–H and O–H groups in total. The van der Waals surface area contributed by atoms with Crippen LogP contribution < -0.4 is 10.6 Å². The van der Waals surface area contributed by atoms with E-state index in [1.54, 1.807) is 0 Å². The highest BCUT2D eigenvalue weighted by atomic mass is 127. The molecule has 148 valence electrons. The highest BCUT2D eigenvalue weighted by Gasteiger charge is 2.14. The van der Waals surface area contributed by atoms with Gasteiger partial charge in [0.15, 0.2) is 5.96 Å². The molecule has 2 rings (SSSR count). The first-order valence-corrected chi connectivity index (χ1v) is 10.3. The Bertz CT molecular complexity index is 485. The van der Waals surface area contributed by atoms with Gasteiger partial charge in [-0.25, -0.2) is 0 Å². The molecule has 0 radical (unpaired) electrons. The van der Waals surface area contributed by atoms with Crippen molar-refractivity contribution in [2.45, 2.75) is 37.2 Å². The highest BCUT2D eigenvalue weighted by Crippen LogP contribution is 2.15. The Morgan fingerprint density at radius 2 is 2.15 bits per heavy atom. The monoisotopic (exact) mass is 493 g/mol. The summed E-state index contributed by atoms with van der Waals surface area (Å²) in [5.74, 6) is 1.90. The molecule has 1 unspecified atom stereocenters. The molecule has 1 aliphatic rings. The number of ether oxygens (including phenoxy) is 2. The van der Waals surface area contributed by atoms with Crippen LogP contribution in [0, 0.1) is 0 Å². The minimum absolute atomic E-state index is 0. The Hall–Kier alpha value is -0.510. The number of guanidine groups is 1. The molecule has 0 aliphatic carbocycles. The van der Waals surface area contributed by atoms with Gasteiger partial charge in [-0.1, -0.05) is 18.2 Å². The van der Waals surface area contributed by atoms with Crippen LogP contribution >= 0.6 is 35.7 Å². The lowest BCUT2D eigenvalue weighted by atomic mass is 10.2. The van der Waals surface area contributed by atoms with Gasteiger partial charge >= 0.3 is 0 Å². The molecule has 0 amide bonds. The second-order valence-electron chi connectivity index (χ2n) is 5.91. The third-order valence-electron chi connectivity index (χ3n) is 3.80. The number of halogens is 1. The van der Waals surface area contributed by atoms with E-state index in [2.05, 4.69) is 46.8 Å². The fourth-order valence-corrected chi connectivity index (χ4v) is 3.33. The van der Waals surface area contributed by atoms with Crippen molar-refractivity contribution < 1.29 is 9.47 Å². The SMILES string of the molecule is CCNC(=NCCCOCC1CCCO1)NCCSc1ccccc1.I. The maximum atomic E-state index is 5.67. The highest BCUT2D eigenvalue weighted by molar-refractivity contribution is 14.0. The first-order chi connectivity index (χ1) is 12.4. The third kappa shape index (κ3) is 10.6. The van der Waals surface area contributed by atoms with Crippen molar-refractivity contribution in [2.75, 3.05) is 45.2 Å². The molecule has 5 nitrogen and oxygen atoms in total. The molecule has 7 heteroatoms. The van der Waals surface area contributed by atoms with E-state index >= 15 is 0 Å². The van der Waals surface area contributed by atoms with E-state index in [0.717, 1.165) is 64.0 Å². The van der Waals surface area contributed by atoms with Crippen LogP contribution in [-0.4, -0.2) is 57.3 Å². The van der Waals surface area contributed by atoms with Gasteiger partial charge in [-0.15, -0.1) is 35.7 Å². The van der Waals surface area contributed by atoms with Crippen LogP contribution in [-0.2, 0) is 9.47 Å². The number of rotatable bonds is 11. The fraction of sp³-hybridized carbons (Fsp3) is 0.632. The fourth-order valence-electron chi connectivity index (χ4n) is 2.54. The average Bonchev–Trinajstić information content (AvgIpc) is 3.16. The molecule has 0 spiro atoms. The largest absolute Gasteiger partial charge is 0.379 e. The molecule has 1 aromatic rings. The summed E-state index contributed by atoms with van der Waals surface area (Å²) in [6.45, 7) is 6.96. The Balaban J connectivity index is 0.00000338. The van der Waals surface area contributed by atoms with Crippen molar-refractivity contribution >= 4 is 41.7 Å². The van der Waals surface area contributed by atoms with Gasteiger partial charge in [0.2, 0.25) is 0 Å². The normalized spacial score (nSPS) is 17.0. The summed E-state index contributed by atoms with van der Waals surface area (Å²) in [4.78, 5) is 5.90. The lowest BCUT2D eigenvalue weighted by Crippen LogP contribution is -2.38. The summed E-state index contributed by atoms with van der Waals surface area (Å²) in [5, 5.41) is 6.67. The molecule has 1 aliphatic heterocycles. The molecule has 1 atom stereocenters. The van der Waals surface area contributed by atoms with E-state index in [0.29, 0.717) is 6.10 Å². The standard InChI is InChI=1S/C19H31N3O2S.HI/c1-2-20-19(22-12-15-25-18-9-4-3-5-10-18)21-11-7-13-23-16-17-8-6-14-24-17;/h3-5,9-10,17H,2,6-8,11-16H2,1H3,(H2,20,21,22);1H. The maximum absolute atomic E-state index is 5.67. The van der Waals surface area contributed by atoms with Crippen LogP contribution in [0.25, 0.3) is 0 Å². The number of hydrogen-bond acceptors (Lipinski definition) is 4. The van der Waals surface area contributed by atoms with Crippen LogP contribution in [0.5, 0.6) is 0 Å². The smallest absolute Gasteiger partial charge is 0.191 e. The van der Waals surface area contributed by atoms with Crippen molar-refractivity contribution in [1.82, 2.24) is 10.6 Å². The van der Waals surface area contributed by atoms with Crippen molar-refractivity contribution in [3.63, 3.8) is 0 Å². The maximum Gasteiger partial charge on any atom is 0.191 e. The van der Waals surface area contributed by atoms with E-state index in [1.807, 2.05) is 17.8 Å². The van der Waals surface area contributed by atoms with E-state index in [9.17, 15) is 0 Å². The minimum Gasteiger partial charge on any atom is -0.379 e. The van der Waals surface area contributed by atoms with E-state index < -0.39 is 0 Å². The Kier molecular flexibility index (Phi) is 14.1. The van der Waals surface area contributed by atoms with Gasteiger partial charge in [0.05, 0.1) is 12.7 Å². The number of hydrogen-bond donors (Lipinski definition) is 2. The van der Waals surface area contributed by atoms with Crippen LogP contribution in [0.1, 0.15) is 26.2 Å². The second-order valence-corrected chi connectivity index (χ2v) is 7.08. The van der Waals surface area contributed by atoms with Crippen LogP contribution in [0.3, 0.4) is 0 Å². The lowest BCUT2D eigenvalue weighted by molar-refractivity contribution is 0.0171. The number of aliphatic imine (C=N–C) groups is 1. The summed E-state index contributed by atoms with van der Waals surface area (Å²) in [6.07, 6.45) is 3.54. The predicted molar refractivity (Wildman–Crippen MR) is 121 cm³/mol. The predicted octanol–water partition coefficient (Wildman–Crippen LogP) is 3.54. The average molecular weight is 493 g/mol. The molecular formula is C19H32IN3O2S. The topological polar surface area (TPSA) is 54.9 Å². The summed E-state index contributed by atoms with van der Waals surface area (Å²) >= 11 is 1.85. The lowest BCUT2D eigenvalue weighted by Gasteiger charge is -2.12. The first kappa shape index (κ1) is 23.5. The molecular weight excluding hydrogens is 461 g/mol. The van der Waals surface area contributed by atoms with Gasteiger partial charge in [-0.3, -0.25) is 4.99 Å². The second kappa shape index (κ2) is 15.5. The Morgan fingerprint density at radius 1 is 1.31 bits per heavy atom. The van der Waals surface area contributed by atoms with E-state index in [4.69, 9.17) is 9.47 Å². The summed E-state index contributed by atoms with van der Waals surface area (Å²) in [7, 11) is 0. The number of thioether (sulfide) groups is 1. The molecule has 0 bridgehead atoms. The quantitative estimate of drug-likeness (QED) is 0.162. The van der Waals surface area contributed by atoms with Crippen molar-refractivity contribution in [1.29, 1.82) is 0 Å². The molecule has 1 fully saturated rings. The molecule has 1 saturated heterocycles. The molecule has 1 aromatic carbocycles. The Labute approximate surface area is 179 Å². The molecule has 26 heavy (non-hydrogen) atoms. The van der Waals surface area contributed by atoms with Gasteiger partial charge in [0, 0.05) is 43.5 Å². The van der Waals surface area contributed by atoms with Crippen molar-refractivity contribution in [3.05, 3.63) is 30.3 Å².